The molecule has 68 valence electrons. The molecule has 0 atom stereocenters. The average molecular weight is 181 g/mol. The van der Waals surface area contributed by atoms with Gasteiger partial charge < -0.3 is 0 Å². The highest BCUT2D eigenvalue weighted by Crippen LogP contribution is 2.38. The molecule has 5 heteroatoms. The van der Waals surface area contributed by atoms with Gasteiger partial charge in [-0.1, -0.05) is 0 Å². The zero-order valence-electron chi connectivity index (χ0n) is 6.75. The van der Waals surface area contributed by atoms with Crippen molar-refractivity contribution < 1.29 is 19.2 Å². The fraction of sp³-hybridized carbons (Fsp3) is 0.500. The summed E-state index contributed by atoms with van der Waals surface area (Å²) in [6.07, 6.45) is -0.122. The molecule has 2 amide bonds. The van der Waals surface area contributed by atoms with E-state index in [1.54, 1.807) is 0 Å². The number of imide groups is 1. The largest absolute Gasteiger partial charge is 0.298 e. The van der Waals surface area contributed by atoms with Gasteiger partial charge in [-0.2, -0.15) is 0 Å². The van der Waals surface area contributed by atoms with Crippen LogP contribution in [0.25, 0.3) is 0 Å². The van der Waals surface area contributed by atoms with Crippen molar-refractivity contribution in [1.82, 2.24) is 5.32 Å². The molecule has 2 rings (SSSR count). The summed E-state index contributed by atoms with van der Waals surface area (Å²) in [5.41, 5.74) is -1.64. The number of hydrogen-bond donors (Lipinski definition) is 1. The normalized spacial score (nSPS) is 25.8. The lowest BCUT2D eigenvalue weighted by Crippen LogP contribution is -2.40. The second-order valence-corrected chi connectivity index (χ2v) is 3.31. The van der Waals surface area contributed by atoms with Crippen LogP contribution < -0.4 is 5.32 Å². The Morgan fingerprint density at radius 3 is 1.92 bits per heavy atom. The summed E-state index contributed by atoms with van der Waals surface area (Å²) < 4.78 is 0. The quantitative estimate of drug-likeness (QED) is 0.382. The highest BCUT2D eigenvalue weighted by atomic mass is 16.2. The molecule has 0 bridgehead atoms. The molecular formula is C8H7NO4. The molecule has 1 aliphatic carbocycles. The summed E-state index contributed by atoms with van der Waals surface area (Å²) in [6.45, 7) is 0. The van der Waals surface area contributed by atoms with Crippen LogP contribution in [0.5, 0.6) is 0 Å². The number of hydrogen-bond acceptors (Lipinski definition) is 4. The number of rotatable bonds is 0. The molecule has 1 aliphatic heterocycles. The Morgan fingerprint density at radius 2 is 1.54 bits per heavy atom. The predicted molar refractivity (Wildman–Crippen MR) is 39.4 cm³/mol. The lowest BCUT2D eigenvalue weighted by molar-refractivity contribution is -0.143. The Bertz CT molecular complexity index is 328. The minimum absolute atomic E-state index is 0.0829. The predicted octanol–water partition coefficient (Wildman–Crippen LogP) is -1.05. The molecule has 5 nitrogen and oxygen atoms in total. The van der Waals surface area contributed by atoms with E-state index in [1.165, 1.54) is 0 Å². The molecule has 1 saturated carbocycles. The number of ketones is 2. The molecule has 0 unspecified atom stereocenters. The van der Waals surface area contributed by atoms with E-state index in [2.05, 4.69) is 0 Å². The van der Waals surface area contributed by atoms with Crippen LogP contribution in [-0.2, 0) is 19.2 Å². The molecule has 0 aromatic heterocycles. The van der Waals surface area contributed by atoms with Crippen LogP contribution in [0.1, 0.15) is 19.3 Å². The maximum absolute atomic E-state index is 11.3. The number of carbonyl (C=O) groups is 4. The summed E-state index contributed by atoms with van der Waals surface area (Å²) in [6, 6.07) is 0. The number of amides is 2. The highest BCUT2D eigenvalue weighted by molar-refractivity contribution is 6.33. The van der Waals surface area contributed by atoms with Crippen LogP contribution in [0.3, 0.4) is 0 Å². The lowest BCUT2D eigenvalue weighted by atomic mass is 9.83. The monoisotopic (exact) mass is 181 g/mol. The van der Waals surface area contributed by atoms with E-state index >= 15 is 0 Å². The summed E-state index contributed by atoms with van der Waals surface area (Å²) in [7, 11) is 0. The lowest BCUT2D eigenvalue weighted by Gasteiger charge is -2.12. The third kappa shape index (κ3) is 0.811. The maximum Gasteiger partial charge on any atom is 0.248 e. The van der Waals surface area contributed by atoms with Gasteiger partial charge in [-0.15, -0.1) is 0 Å². The minimum atomic E-state index is -1.64. The second-order valence-electron chi connectivity index (χ2n) is 3.31. The van der Waals surface area contributed by atoms with E-state index in [4.69, 9.17) is 0 Å². The van der Waals surface area contributed by atoms with E-state index in [-0.39, 0.29) is 19.3 Å². The molecule has 0 radical (unpaired) electrons. The van der Waals surface area contributed by atoms with Crippen molar-refractivity contribution in [2.75, 3.05) is 0 Å². The summed E-state index contributed by atoms with van der Waals surface area (Å²) in [5.74, 6) is -2.10. The molecule has 1 saturated heterocycles. The van der Waals surface area contributed by atoms with Crippen molar-refractivity contribution >= 4 is 23.4 Å². The molecule has 2 fully saturated rings. The first-order valence-electron chi connectivity index (χ1n) is 3.98. The number of Topliss-reactive ketones (excluding diaryl/α,β-unsaturated/α-hetero) is 2. The van der Waals surface area contributed by atoms with Crippen LogP contribution >= 0.6 is 0 Å². The van der Waals surface area contributed by atoms with Gasteiger partial charge in [0.25, 0.3) is 0 Å². The molecular weight excluding hydrogens is 174 g/mol. The van der Waals surface area contributed by atoms with Gasteiger partial charge in [0.2, 0.25) is 11.8 Å². The minimum Gasteiger partial charge on any atom is -0.298 e. The second kappa shape index (κ2) is 2.25. The van der Waals surface area contributed by atoms with Crippen LogP contribution in [0.15, 0.2) is 0 Å². The first-order valence-corrected chi connectivity index (χ1v) is 3.98. The van der Waals surface area contributed by atoms with Crippen molar-refractivity contribution in [1.29, 1.82) is 0 Å². The van der Waals surface area contributed by atoms with E-state index in [1.807, 2.05) is 5.32 Å². The third-order valence-corrected chi connectivity index (χ3v) is 2.60. The molecule has 1 heterocycles. The fourth-order valence-electron chi connectivity index (χ4n) is 1.86. The molecule has 0 aromatic rings. The van der Waals surface area contributed by atoms with Crippen LogP contribution in [-0.4, -0.2) is 23.4 Å². The summed E-state index contributed by atoms with van der Waals surface area (Å²) in [4.78, 5) is 44.8. The van der Waals surface area contributed by atoms with Gasteiger partial charge in [0.1, 0.15) is 0 Å². The van der Waals surface area contributed by atoms with Crippen LogP contribution in [0.2, 0.25) is 0 Å². The molecule has 1 spiro atoms. The molecule has 1 N–H and O–H groups in total. The van der Waals surface area contributed by atoms with E-state index in [0.29, 0.717) is 0 Å². The van der Waals surface area contributed by atoms with E-state index < -0.39 is 28.8 Å². The highest BCUT2D eigenvalue weighted by Gasteiger charge is 2.60. The standard InChI is InChI=1S/C8H7NO4/c10-4-1-2-5(11)8(4)3-6(12)9-7(8)13/h1-3H2,(H,9,12,13). The smallest absolute Gasteiger partial charge is 0.248 e. The molecule has 13 heavy (non-hydrogen) atoms. The van der Waals surface area contributed by atoms with Crippen molar-refractivity contribution in [3.05, 3.63) is 0 Å². The summed E-state index contributed by atoms with van der Waals surface area (Å²) in [5, 5.41) is 1.99. The van der Waals surface area contributed by atoms with Crippen molar-refractivity contribution in [3.63, 3.8) is 0 Å². The average Bonchev–Trinajstić information content (AvgIpc) is 2.49. The van der Waals surface area contributed by atoms with Gasteiger partial charge in [-0.05, 0) is 0 Å². The van der Waals surface area contributed by atoms with Gasteiger partial charge in [0.15, 0.2) is 17.0 Å². The Labute approximate surface area is 73.5 Å². The van der Waals surface area contributed by atoms with E-state index in [0.717, 1.165) is 0 Å². The van der Waals surface area contributed by atoms with Crippen LogP contribution in [0, 0.1) is 5.41 Å². The summed E-state index contributed by atoms with van der Waals surface area (Å²) >= 11 is 0. The molecule has 0 aromatic carbocycles. The Kier molecular flexibility index (Phi) is 1.40. The molecule has 2 aliphatic rings. The third-order valence-electron chi connectivity index (χ3n) is 2.60. The van der Waals surface area contributed by atoms with Gasteiger partial charge in [-0.3, -0.25) is 24.5 Å². The Hall–Kier alpha value is -1.52. The van der Waals surface area contributed by atoms with Gasteiger partial charge >= 0.3 is 0 Å². The van der Waals surface area contributed by atoms with Gasteiger partial charge in [0.05, 0.1) is 6.42 Å². The van der Waals surface area contributed by atoms with Gasteiger partial charge in [-0.25, -0.2) is 0 Å². The van der Waals surface area contributed by atoms with Crippen molar-refractivity contribution in [3.8, 4) is 0 Å². The first kappa shape index (κ1) is 8.10. The Balaban J connectivity index is 2.49. The maximum atomic E-state index is 11.3. The first-order chi connectivity index (χ1) is 6.07. The van der Waals surface area contributed by atoms with Crippen LogP contribution in [0.4, 0.5) is 0 Å². The Morgan fingerprint density at radius 1 is 1.00 bits per heavy atom. The van der Waals surface area contributed by atoms with Crippen molar-refractivity contribution in [2.45, 2.75) is 19.3 Å². The zero-order valence-corrected chi connectivity index (χ0v) is 6.75. The number of carbonyl (C=O) groups excluding carboxylic acids is 4. The van der Waals surface area contributed by atoms with Gasteiger partial charge in [0, 0.05) is 12.8 Å². The SMILES string of the molecule is O=C1CC2(C(=O)CCC2=O)C(=O)N1. The van der Waals surface area contributed by atoms with Crippen molar-refractivity contribution in [2.24, 2.45) is 5.41 Å². The number of nitrogens with one attached hydrogen (secondary N) is 1. The zero-order chi connectivity index (χ0) is 9.64. The fourth-order valence-corrected chi connectivity index (χ4v) is 1.86. The topological polar surface area (TPSA) is 80.3 Å². The van der Waals surface area contributed by atoms with E-state index in [9.17, 15) is 19.2 Å².